The molecule has 0 radical (unpaired) electrons. The van der Waals surface area contributed by atoms with Crippen LogP contribution in [0.5, 0.6) is 0 Å². The molecule has 0 heterocycles. The molecule has 0 spiro atoms. The molecule has 0 saturated heterocycles. The third-order valence-electron chi connectivity index (χ3n) is 3.66. The first kappa shape index (κ1) is 17.5. The van der Waals surface area contributed by atoms with Crippen LogP contribution < -0.4 is 5.73 Å². The number of hydrogen-bond donors (Lipinski definition) is 1. The van der Waals surface area contributed by atoms with Crippen LogP contribution in [0.1, 0.15) is 5.56 Å². The molecule has 0 aromatic heterocycles. The van der Waals surface area contributed by atoms with Gasteiger partial charge in [-0.25, -0.2) is 4.79 Å². The van der Waals surface area contributed by atoms with Gasteiger partial charge in [0, 0.05) is 18.2 Å². The summed E-state index contributed by atoms with van der Waals surface area (Å²) in [6.07, 6.45) is -0.253. The average molecular weight is 334 g/mol. The lowest BCUT2D eigenvalue weighted by molar-refractivity contribution is -0.153. The van der Waals surface area contributed by atoms with Crippen molar-refractivity contribution in [3.63, 3.8) is 0 Å². The van der Waals surface area contributed by atoms with E-state index in [9.17, 15) is 4.79 Å². The second kappa shape index (κ2) is 8.11. The molecule has 5 heteroatoms. The van der Waals surface area contributed by atoms with Gasteiger partial charge in [-0.1, -0.05) is 48.0 Å². The minimum atomic E-state index is -0.771. The second-order valence-corrected chi connectivity index (χ2v) is 5.69. The molecule has 0 aliphatic heterocycles. The topological polar surface area (TPSA) is 61.5 Å². The van der Waals surface area contributed by atoms with Gasteiger partial charge in [-0.2, -0.15) is 0 Å². The summed E-state index contributed by atoms with van der Waals surface area (Å²) in [5.41, 5.74) is 9.21. The monoisotopic (exact) mass is 333 g/mol. The molecular weight excluding hydrogens is 314 g/mol. The highest BCUT2D eigenvalue weighted by atomic mass is 35.5. The van der Waals surface area contributed by atoms with Crippen molar-refractivity contribution in [2.45, 2.75) is 18.6 Å². The molecule has 2 aromatic carbocycles. The van der Waals surface area contributed by atoms with Crippen LogP contribution in [0.15, 0.2) is 48.5 Å². The largest absolute Gasteiger partial charge is 0.467 e. The maximum absolute atomic E-state index is 11.6. The van der Waals surface area contributed by atoms with E-state index < -0.39 is 18.1 Å². The van der Waals surface area contributed by atoms with Crippen LogP contribution in [-0.2, 0) is 20.7 Å². The van der Waals surface area contributed by atoms with E-state index in [2.05, 4.69) is 0 Å². The van der Waals surface area contributed by atoms with Crippen molar-refractivity contribution < 1.29 is 14.3 Å². The van der Waals surface area contributed by atoms with Crippen molar-refractivity contribution in [2.75, 3.05) is 14.2 Å². The van der Waals surface area contributed by atoms with E-state index in [1.54, 1.807) is 0 Å². The van der Waals surface area contributed by atoms with Crippen molar-refractivity contribution in [2.24, 2.45) is 5.73 Å². The number of benzene rings is 2. The molecule has 23 heavy (non-hydrogen) atoms. The van der Waals surface area contributed by atoms with Gasteiger partial charge in [0.05, 0.1) is 7.11 Å². The number of rotatable bonds is 6. The summed E-state index contributed by atoms with van der Waals surface area (Å²) < 4.78 is 9.82. The van der Waals surface area contributed by atoms with Crippen LogP contribution in [0, 0.1) is 0 Å². The summed E-state index contributed by atoms with van der Waals surface area (Å²) in [6, 6.07) is 15.2. The summed E-state index contributed by atoms with van der Waals surface area (Å²) in [6.45, 7) is 0. The van der Waals surface area contributed by atoms with Crippen LogP contribution in [-0.4, -0.2) is 32.3 Å². The number of methoxy groups -OCH3 is 2. The van der Waals surface area contributed by atoms with E-state index >= 15 is 0 Å². The van der Waals surface area contributed by atoms with Crippen molar-refractivity contribution in [3.8, 4) is 11.1 Å². The summed E-state index contributed by atoms with van der Waals surface area (Å²) >= 11 is 6.01. The van der Waals surface area contributed by atoms with Crippen LogP contribution in [0.2, 0.25) is 5.02 Å². The Morgan fingerprint density at radius 1 is 1.13 bits per heavy atom. The molecule has 0 aliphatic rings. The molecule has 0 amide bonds. The number of carbonyl (C=O) groups is 1. The third kappa shape index (κ3) is 4.55. The lowest BCUT2D eigenvalue weighted by Crippen LogP contribution is -2.44. The highest BCUT2D eigenvalue weighted by molar-refractivity contribution is 6.30. The van der Waals surface area contributed by atoms with Gasteiger partial charge in [-0.15, -0.1) is 0 Å². The zero-order valence-corrected chi connectivity index (χ0v) is 13.9. The smallest absolute Gasteiger partial charge is 0.336 e. The molecule has 2 rings (SSSR count). The number of ether oxygens (including phenoxy) is 2. The molecule has 2 N–H and O–H groups in total. The Morgan fingerprint density at radius 3 is 2.39 bits per heavy atom. The number of nitrogens with two attached hydrogens (primary N) is 1. The van der Waals surface area contributed by atoms with Gasteiger partial charge >= 0.3 is 5.97 Å². The van der Waals surface area contributed by atoms with Gasteiger partial charge < -0.3 is 15.2 Å². The molecule has 2 atom stereocenters. The van der Waals surface area contributed by atoms with E-state index in [1.165, 1.54) is 14.2 Å². The summed E-state index contributed by atoms with van der Waals surface area (Å²) in [4.78, 5) is 11.6. The van der Waals surface area contributed by atoms with E-state index in [1.807, 2.05) is 48.5 Å². The predicted molar refractivity (Wildman–Crippen MR) is 91.4 cm³/mol. The van der Waals surface area contributed by atoms with Gasteiger partial charge in [0.25, 0.3) is 0 Å². The van der Waals surface area contributed by atoms with Crippen molar-refractivity contribution in [1.29, 1.82) is 0 Å². The fraction of sp³-hybridized carbons (Fsp3) is 0.278. The number of carbonyl (C=O) groups excluding carboxylic acids is 1. The highest BCUT2D eigenvalue weighted by Gasteiger charge is 2.26. The molecule has 2 unspecified atom stereocenters. The first-order valence-electron chi connectivity index (χ1n) is 7.26. The molecule has 4 nitrogen and oxygen atoms in total. The van der Waals surface area contributed by atoms with E-state index in [4.69, 9.17) is 26.8 Å². The fourth-order valence-corrected chi connectivity index (χ4v) is 2.63. The van der Waals surface area contributed by atoms with Gasteiger partial charge in [0.15, 0.2) is 6.10 Å². The number of halogens is 1. The third-order valence-corrected chi connectivity index (χ3v) is 3.89. The SMILES string of the molecule is COC(=O)C(OC)C(N)Cc1ccc(-c2cccc(Cl)c2)cc1. The Bertz CT molecular complexity index is 658. The van der Waals surface area contributed by atoms with Gasteiger partial charge in [-0.3, -0.25) is 0 Å². The lowest BCUT2D eigenvalue weighted by Gasteiger charge is -2.20. The zero-order chi connectivity index (χ0) is 16.8. The average Bonchev–Trinajstić information content (AvgIpc) is 2.56. The first-order chi connectivity index (χ1) is 11.0. The van der Waals surface area contributed by atoms with E-state index in [0.717, 1.165) is 16.7 Å². The van der Waals surface area contributed by atoms with Crippen LogP contribution >= 0.6 is 11.6 Å². The Kier molecular flexibility index (Phi) is 6.16. The van der Waals surface area contributed by atoms with Crippen molar-refractivity contribution in [1.82, 2.24) is 0 Å². The molecule has 0 fully saturated rings. The van der Waals surface area contributed by atoms with Crippen molar-refractivity contribution in [3.05, 3.63) is 59.1 Å². The van der Waals surface area contributed by atoms with E-state index in [-0.39, 0.29) is 0 Å². The minimum Gasteiger partial charge on any atom is -0.467 e. The maximum atomic E-state index is 11.6. The van der Waals surface area contributed by atoms with Crippen molar-refractivity contribution >= 4 is 17.6 Å². The molecule has 2 aromatic rings. The fourth-order valence-electron chi connectivity index (χ4n) is 2.44. The highest BCUT2D eigenvalue weighted by Crippen LogP contribution is 2.23. The first-order valence-corrected chi connectivity index (χ1v) is 7.64. The van der Waals surface area contributed by atoms with Crippen LogP contribution in [0.25, 0.3) is 11.1 Å². The Hall–Kier alpha value is -1.88. The van der Waals surface area contributed by atoms with E-state index in [0.29, 0.717) is 11.4 Å². The normalized spacial score (nSPS) is 13.4. The standard InChI is InChI=1S/C18H20ClNO3/c1-22-17(18(21)23-2)16(20)10-12-6-8-13(9-7-12)14-4-3-5-15(19)11-14/h3-9,11,16-17H,10,20H2,1-2H3. The molecule has 0 aliphatic carbocycles. The molecular formula is C18H20ClNO3. The molecule has 0 bridgehead atoms. The summed E-state index contributed by atoms with van der Waals surface area (Å²) in [5.74, 6) is -0.462. The minimum absolute atomic E-state index is 0.462. The van der Waals surface area contributed by atoms with Gasteiger partial charge in [0.2, 0.25) is 0 Å². The van der Waals surface area contributed by atoms with Gasteiger partial charge in [0.1, 0.15) is 0 Å². The predicted octanol–water partition coefficient (Wildman–Crippen LogP) is 3.06. The second-order valence-electron chi connectivity index (χ2n) is 5.25. The Morgan fingerprint density at radius 2 is 1.83 bits per heavy atom. The van der Waals surface area contributed by atoms with Gasteiger partial charge in [-0.05, 0) is 35.2 Å². The summed E-state index contributed by atoms with van der Waals surface area (Å²) in [7, 11) is 2.77. The Balaban J connectivity index is 2.09. The zero-order valence-electron chi connectivity index (χ0n) is 13.2. The van der Waals surface area contributed by atoms with Crippen LogP contribution in [0.3, 0.4) is 0 Å². The molecule has 122 valence electrons. The molecule has 0 saturated carbocycles. The Labute approximate surface area is 141 Å². The lowest BCUT2D eigenvalue weighted by atomic mass is 9.99. The quantitative estimate of drug-likeness (QED) is 0.825. The number of hydrogen-bond acceptors (Lipinski definition) is 4. The van der Waals surface area contributed by atoms with Crippen LogP contribution in [0.4, 0.5) is 0 Å². The number of esters is 1. The maximum Gasteiger partial charge on any atom is 0.336 e. The summed E-state index contributed by atoms with van der Waals surface area (Å²) in [5, 5.41) is 0.703.